The van der Waals surface area contributed by atoms with E-state index < -0.39 is 0 Å². The van der Waals surface area contributed by atoms with Gasteiger partial charge in [-0.2, -0.15) is 5.26 Å². The van der Waals surface area contributed by atoms with Crippen molar-refractivity contribution in [2.24, 2.45) is 5.41 Å². The number of nitriles is 1. The summed E-state index contributed by atoms with van der Waals surface area (Å²) in [4.78, 5) is 15.7. The molecule has 0 saturated carbocycles. The number of para-hydroxylation sites is 1. The first-order valence-corrected chi connectivity index (χ1v) is 24.2. The fourth-order valence-corrected chi connectivity index (χ4v) is 10.3. The fraction of sp³-hybridized carbons (Fsp3) is 0.270. The van der Waals surface area contributed by atoms with Gasteiger partial charge in [-0.1, -0.05) is 154 Å². The maximum absolute atomic E-state index is 10.2. The number of imidazole rings is 1. The van der Waals surface area contributed by atoms with Gasteiger partial charge in [-0.15, -0.1) is 52.6 Å². The van der Waals surface area contributed by atoms with Gasteiger partial charge in [0, 0.05) is 33.2 Å². The van der Waals surface area contributed by atoms with E-state index in [1.807, 2.05) is 12.1 Å². The molecule has 0 aliphatic carbocycles. The number of aromatic nitrogens is 5. The molecule has 7 heteroatoms. The van der Waals surface area contributed by atoms with Crippen LogP contribution in [0.25, 0.3) is 99.5 Å². The van der Waals surface area contributed by atoms with E-state index in [1.54, 1.807) is 6.33 Å². The minimum atomic E-state index is -0.153. The van der Waals surface area contributed by atoms with E-state index >= 15 is 0 Å². The van der Waals surface area contributed by atoms with Gasteiger partial charge < -0.3 is 8.97 Å². The summed E-state index contributed by atoms with van der Waals surface area (Å²) in [7, 11) is 0. The molecule has 4 aromatic heterocycles. The molecule has 0 radical (unpaired) electrons. The van der Waals surface area contributed by atoms with Crippen molar-refractivity contribution in [2.45, 2.75) is 106 Å². The van der Waals surface area contributed by atoms with Crippen molar-refractivity contribution in [1.29, 1.82) is 5.26 Å². The zero-order valence-electron chi connectivity index (χ0n) is 42.3. The Hall–Kier alpha value is -6.67. The standard InChI is InChI=1S/C63H58N6.Pt/c1-60(2,3)34-38-25-50-55-54(27-38)68-53-26-37(35-64)21-23-46(53)48-30-40(31-49(58(48)68)57(55)66-36-65-50)45-19-16-20-52-56(45)67-59(41-28-43(62(7,8)9)32-44(29-41)63(10,11)12)69(52)51-24-22-42(61(4,5)6)33-47(51)39-17-14-13-15-18-39;/h13-28,30,32-33,36H,34H2,1-12H3;/q-2;+2. The molecule has 4 heterocycles. The van der Waals surface area contributed by atoms with E-state index in [0.29, 0.717) is 5.56 Å². The van der Waals surface area contributed by atoms with Crippen LogP contribution >= 0.6 is 0 Å². The van der Waals surface area contributed by atoms with Crippen molar-refractivity contribution in [3.8, 4) is 45.4 Å². The largest absolute Gasteiger partial charge is 2.00 e. The molecule has 0 fully saturated rings. The topological polar surface area (TPSA) is 71.8 Å². The molecule has 11 aromatic rings. The number of pyridine rings is 1. The summed E-state index contributed by atoms with van der Waals surface area (Å²) in [5.41, 5.74) is 18.0. The second-order valence-electron chi connectivity index (χ2n) is 23.5. The van der Waals surface area contributed by atoms with Gasteiger partial charge in [0.1, 0.15) is 6.33 Å². The predicted molar refractivity (Wildman–Crippen MR) is 287 cm³/mol. The van der Waals surface area contributed by atoms with E-state index in [9.17, 15) is 5.26 Å². The minimum Gasteiger partial charge on any atom is -0.342 e. The molecule has 0 amide bonds. The van der Waals surface area contributed by atoms with E-state index in [0.717, 1.165) is 111 Å². The molecule has 11 rings (SSSR count). The molecule has 0 aliphatic rings. The van der Waals surface area contributed by atoms with Gasteiger partial charge in [0.15, 0.2) is 0 Å². The normalized spacial score (nSPS) is 12.8. The van der Waals surface area contributed by atoms with Crippen LogP contribution in [0.4, 0.5) is 0 Å². The first-order valence-electron chi connectivity index (χ1n) is 24.2. The van der Waals surface area contributed by atoms with Crippen molar-refractivity contribution < 1.29 is 21.1 Å². The predicted octanol–water partition coefficient (Wildman–Crippen LogP) is 16.1. The maximum Gasteiger partial charge on any atom is 2.00 e. The van der Waals surface area contributed by atoms with Crippen LogP contribution in [0.1, 0.15) is 111 Å². The Labute approximate surface area is 426 Å². The summed E-state index contributed by atoms with van der Waals surface area (Å²) in [6.45, 7) is 27.3. The molecular weight excluding hydrogens is 1040 g/mol. The van der Waals surface area contributed by atoms with Gasteiger partial charge in [-0.3, -0.25) is 9.97 Å². The van der Waals surface area contributed by atoms with Crippen LogP contribution in [0.15, 0.2) is 122 Å². The average molecular weight is 1090 g/mol. The summed E-state index contributed by atoms with van der Waals surface area (Å²) >= 11 is 0. The van der Waals surface area contributed by atoms with Crippen LogP contribution < -0.4 is 0 Å². The minimum absolute atomic E-state index is 0. The van der Waals surface area contributed by atoms with Crippen LogP contribution in [0.5, 0.6) is 0 Å². The van der Waals surface area contributed by atoms with Crippen LogP contribution in [0.3, 0.4) is 0 Å². The molecule has 0 saturated heterocycles. The zero-order valence-corrected chi connectivity index (χ0v) is 44.5. The number of nitrogens with zero attached hydrogens (tertiary/aromatic N) is 6. The Morgan fingerprint density at radius 2 is 1.36 bits per heavy atom. The number of hydrogen-bond donors (Lipinski definition) is 0. The van der Waals surface area contributed by atoms with Gasteiger partial charge in [0.2, 0.25) is 0 Å². The Bertz CT molecular complexity index is 3880. The van der Waals surface area contributed by atoms with Gasteiger partial charge >= 0.3 is 21.1 Å². The first-order chi connectivity index (χ1) is 32.7. The monoisotopic (exact) mass is 1090 g/mol. The summed E-state index contributed by atoms with van der Waals surface area (Å²) in [6, 6.07) is 52.0. The third kappa shape index (κ3) is 7.88. The number of benzene rings is 7. The third-order valence-corrected chi connectivity index (χ3v) is 13.9. The van der Waals surface area contributed by atoms with Gasteiger partial charge in [-0.05, 0) is 98.1 Å². The van der Waals surface area contributed by atoms with E-state index in [1.165, 1.54) is 16.7 Å². The van der Waals surface area contributed by atoms with Gasteiger partial charge in [-0.25, -0.2) is 4.98 Å². The fourth-order valence-electron chi connectivity index (χ4n) is 10.3. The number of fused-ring (bicyclic) bond motifs is 6. The second kappa shape index (κ2) is 16.5. The average Bonchev–Trinajstić information content (AvgIpc) is 3.85. The van der Waals surface area contributed by atoms with Crippen molar-refractivity contribution in [3.63, 3.8) is 0 Å². The van der Waals surface area contributed by atoms with Crippen molar-refractivity contribution >= 4 is 60.2 Å². The molecule has 350 valence electrons. The van der Waals surface area contributed by atoms with Crippen molar-refractivity contribution in [1.82, 2.24) is 23.9 Å². The van der Waals surface area contributed by atoms with Crippen molar-refractivity contribution in [3.05, 3.63) is 162 Å². The third-order valence-electron chi connectivity index (χ3n) is 13.9. The first kappa shape index (κ1) is 47.0. The Morgan fingerprint density at radius 1 is 0.600 bits per heavy atom. The quantitative estimate of drug-likeness (QED) is 0.0978. The second-order valence-corrected chi connectivity index (χ2v) is 23.5. The smallest absolute Gasteiger partial charge is 0.342 e. The summed E-state index contributed by atoms with van der Waals surface area (Å²) in [6.07, 6.45) is 2.58. The number of rotatable bonds is 5. The van der Waals surface area contributed by atoms with Crippen LogP contribution in [-0.2, 0) is 43.7 Å². The molecule has 0 atom stereocenters. The molecule has 0 N–H and O–H groups in total. The molecule has 0 unspecified atom stereocenters. The number of hydrogen-bond acceptors (Lipinski definition) is 4. The SMILES string of the molecule is CC(C)(C)Cc1cc2ncnc3c4[c-]c(-c5cccc6c5nc(-c5[c-]c(C(C)(C)C)cc(C(C)(C)C)c5)n6-c5ccc(C(C)(C)C)cc5-c5ccccc5)cc5c6ccc(C#N)cc6n(c(c1)c23)c45.[Pt+2]. The van der Waals surface area contributed by atoms with Gasteiger partial charge in [0.05, 0.1) is 34.0 Å². The van der Waals surface area contributed by atoms with E-state index in [4.69, 9.17) is 15.0 Å². The van der Waals surface area contributed by atoms with Crippen LogP contribution in [-0.4, -0.2) is 23.9 Å². The Kier molecular flexibility index (Phi) is 11.1. The molecule has 0 aliphatic heterocycles. The Morgan fingerprint density at radius 3 is 2.06 bits per heavy atom. The van der Waals surface area contributed by atoms with E-state index in [2.05, 4.69) is 213 Å². The zero-order chi connectivity index (χ0) is 48.5. The molecule has 6 nitrogen and oxygen atoms in total. The van der Waals surface area contributed by atoms with Crippen LogP contribution in [0, 0.1) is 28.9 Å². The molecule has 7 aromatic carbocycles. The summed E-state index contributed by atoms with van der Waals surface area (Å²) in [5, 5.41) is 14.2. The summed E-state index contributed by atoms with van der Waals surface area (Å²) < 4.78 is 4.70. The van der Waals surface area contributed by atoms with E-state index in [-0.39, 0.29) is 42.7 Å². The molecule has 0 bridgehead atoms. The molecule has 70 heavy (non-hydrogen) atoms. The Balaban J connectivity index is 0.00000567. The van der Waals surface area contributed by atoms with Gasteiger partial charge in [0.25, 0.3) is 0 Å². The maximum atomic E-state index is 10.2. The summed E-state index contributed by atoms with van der Waals surface area (Å²) in [5.74, 6) is 0.829. The van der Waals surface area contributed by atoms with Crippen LogP contribution in [0.2, 0.25) is 0 Å². The molecular formula is C63H58N6Pt. The molecule has 0 spiro atoms. The van der Waals surface area contributed by atoms with Crippen molar-refractivity contribution in [2.75, 3.05) is 0 Å².